The molecule has 0 aliphatic heterocycles. The summed E-state index contributed by atoms with van der Waals surface area (Å²) in [5, 5.41) is 6.72. The molecule has 0 aliphatic carbocycles. The molecule has 176 valence electrons. The average molecular weight is 462 g/mol. The van der Waals surface area contributed by atoms with Crippen molar-refractivity contribution < 1.29 is 9.18 Å². The van der Waals surface area contributed by atoms with Crippen molar-refractivity contribution in [1.29, 1.82) is 0 Å². The van der Waals surface area contributed by atoms with Crippen molar-refractivity contribution in [3.8, 4) is 12.3 Å². The van der Waals surface area contributed by atoms with E-state index in [4.69, 9.17) is 12.2 Å². The van der Waals surface area contributed by atoms with Gasteiger partial charge in [-0.15, -0.1) is 18.2 Å². The van der Waals surface area contributed by atoms with Crippen molar-refractivity contribution in [3.63, 3.8) is 0 Å². The van der Waals surface area contributed by atoms with Gasteiger partial charge in [0.15, 0.2) is 0 Å². The van der Waals surface area contributed by atoms with E-state index in [1.165, 1.54) is 23.9 Å². The summed E-state index contributed by atoms with van der Waals surface area (Å²) in [7, 11) is 0. The molecule has 0 fully saturated rings. The minimum atomic E-state index is -0.428. The van der Waals surface area contributed by atoms with Gasteiger partial charge in [0.05, 0.1) is 17.3 Å². The van der Waals surface area contributed by atoms with Crippen LogP contribution in [-0.2, 0) is 4.79 Å². The Morgan fingerprint density at radius 2 is 2.12 bits per heavy atom. The predicted molar refractivity (Wildman–Crippen MR) is 137 cm³/mol. The number of amides is 1. The first-order valence-corrected chi connectivity index (χ1v) is 11.7. The highest BCUT2D eigenvalue weighted by Crippen LogP contribution is 2.23. The van der Waals surface area contributed by atoms with Gasteiger partial charge in [-0.2, -0.15) is 0 Å². The Hall–Kier alpha value is -2.63. The van der Waals surface area contributed by atoms with E-state index in [9.17, 15) is 9.18 Å². The van der Waals surface area contributed by atoms with Crippen molar-refractivity contribution in [2.75, 3.05) is 19.3 Å². The van der Waals surface area contributed by atoms with Gasteiger partial charge < -0.3 is 16.4 Å². The highest BCUT2D eigenvalue weighted by molar-refractivity contribution is 8.13. The molecule has 0 heterocycles. The molecule has 0 aromatic heterocycles. The number of allylic oxidation sites excluding steroid dienone is 5. The fraction of sp³-hybridized carbons (Fsp3) is 0.458. The third-order valence-corrected chi connectivity index (χ3v) is 5.26. The van der Waals surface area contributed by atoms with Crippen LogP contribution in [0.1, 0.15) is 40.0 Å². The van der Waals surface area contributed by atoms with Crippen LogP contribution in [0.4, 0.5) is 4.39 Å². The highest BCUT2D eigenvalue weighted by Gasteiger charge is 2.18. The third kappa shape index (κ3) is 11.1. The lowest BCUT2D eigenvalue weighted by molar-refractivity contribution is -0.117. The zero-order chi connectivity index (χ0) is 24.5. The van der Waals surface area contributed by atoms with E-state index in [0.29, 0.717) is 23.7 Å². The molecule has 0 aliphatic rings. The molecule has 4 N–H and O–H groups in total. The van der Waals surface area contributed by atoms with Gasteiger partial charge in [0, 0.05) is 24.1 Å². The molecule has 0 radical (unpaired) electrons. The molecule has 0 saturated heterocycles. The fourth-order valence-corrected chi connectivity index (χ4v) is 3.21. The maximum atomic E-state index is 13.6. The number of hydrogen-bond donors (Lipinski definition) is 3. The molecule has 0 aromatic rings. The van der Waals surface area contributed by atoms with E-state index in [0.717, 1.165) is 18.5 Å². The normalized spacial score (nSPS) is 14.9. The van der Waals surface area contributed by atoms with Crippen LogP contribution in [0.25, 0.3) is 0 Å². The molecule has 2 atom stereocenters. The SMILES string of the molecule is C#CCNC(=O)C(=C)N=C(C/C(NC(CC)CCN)=C(/N=C)C(C)/C=C\C(F)=C/C)SC. The van der Waals surface area contributed by atoms with E-state index in [1.54, 1.807) is 13.0 Å². The number of terminal acetylenes is 1. The van der Waals surface area contributed by atoms with E-state index in [1.807, 2.05) is 13.2 Å². The molecule has 0 rings (SSSR count). The Morgan fingerprint density at radius 1 is 1.44 bits per heavy atom. The first kappa shape index (κ1) is 29.4. The van der Waals surface area contributed by atoms with Crippen LogP contribution in [0.3, 0.4) is 0 Å². The van der Waals surface area contributed by atoms with Crippen molar-refractivity contribution >= 4 is 29.4 Å². The number of rotatable bonds is 14. The lowest BCUT2D eigenvalue weighted by atomic mass is 10.0. The Bertz CT molecular complexity index is 808. The van der Waals surface area contributed by atoms with Crippen molar-refractivity contribution in [2.45, 2.75) is 46.1 Å². The van der Waals surface area contributed by atoms with Crippen molar-refractivity contribution in [3.05, 3.63) is 47.7 Å². The van der Waals surface area contributed by atoms with Gasteiger partial charge in [-0.1, -0.05) is 38.5 Å². The van der Waals surface area contributed by atoms with Crippen LogP contribution < -0.4 is 16.4 Å². The maximum Gasteiger partial charge on any atom is 0.270 e. The quantitative estimate of drug-likeness (QED) is 0.119. The zero-order valence-corrected chi connectivity index (χ0v) is 20.4. The number of nitrogens with two attached hydrogens (primary N) is 1. The van der Waals surface area contributed by atoms with Gasteiger partial charge in [0.2, 0.25) is 0 Å². The predicted octanol–water partition coefficient (Wildman–Crippen LogP) is 4.10. The lowest BCUT2D eigenvalue weighted by Crippen LogP contribution is -2.32. The van der Waals surface area contributed by atoms with Gasteiger partial charge in [0.25, 0.3) is 5.91 Å². The van der Waals surface area contributed by atoms with Gasteiger partial charge >= 0.3 is 0 Å². The summed E-state index contributed by atoms with van der Waals surface area (Å²) in [6.07, 6.45) is 13.6. The number of halogens is 1. The molecule has 2 unspecified atom stereocenters. The Morgan fingerprint density at radius 3 is 2.62 bits per heavy atom. The van der Waals surface area contributed by atoms with Crippen LogP contribution in [0, 0.1) is 18.3 Å². The topological polar surface area (TPSA) is 91.9 Å². The summed E-state index contributed by atoms with van der Waals surface area (Å²) in [5.41, 5.74) is 7.29. The molecule has 6 nitrogen and oxygen atoms in total. The molecule has 0 bridgehead atoms. The molecule has 0 saturated carbocycles. The summed E-state index contributed by atoms with van der Waals surface area (Å²) >= 11 is 1.40. The van der Waals surface area contributed by atoms with Crippen LogP contribution in [0.2, 0.25) is 0 Å². The molecule has 8 heteroatoms. The lowest BCUT2D eigenvalue weighted by Gasteiger charge is -2.23. The van der Waals surface area contributed by atoms with Gasteiger partial charge in [-0.3, -0.25) is 9.79 Å². The highest BCUT2D eigenvalue weighted by atomic mass is 32.2. The second-order valence-electron chi connectivity index (χ2n) is 6.89. The standard InChI is InChI=1S/C24H36FN5OS/c1-8-15-28-24(31)18(5)29-22(32-7)16-21(30-20(10-3)13-14-26)23(27-6)17(4)11-12-19(25)9-2/h1,9,11-12,17,20,30H,5-6,10,13-16,26H2,2-4,7H3,(H,28,31)/b12-11-,19-9+,23-21-,29-22?. The second kappa shape index (κ2) is 17.0. The maximum absolute atomic E-state index is 13.6. The first-order valence-electron chi connectivity index (χ1n) is 10.5. The summed E-state index contributed by atoms with van der Waals surface area (Å²) in [5.74, 6) is 1.38. The van der Waals surface area contributed by atoms with Crippen LogP contribution in [0.5, 0.6) is 0 Å². The molecular weight excluding hydrogens is 425 g/mol. The van der Waals surface area contributed by atoms with Gasteiger partial charge in [0.1, 0.15) is 11.5 Å². The second-order valence-corrected chi connectivity index (χ2v) is 7.77. The van der Waals surface area contributed by atoms with Gasteiger partial charge in [-0.25, -0.2) is 9.38 Å². The first-order chi connectivity index (χ1) is 15.3. The third-order valence-electron chi connectivity index (χ3n) is 4.55. The minimum absolute atomic E-state index is 0.0640. The Balaban J connectivity index is 6.11. The van der Waals surface area contributed by atoms with E-state index >= 15 is 0 Å². The minimum Gasteiger partial charge on any atom is -0.384 e. The largest absolute Gasteiger partial charge is 0.384 e. The van der Waals surface area contributed by atoms with Crippen molar-refractivity contribution in [2.24, 2.45) is 21.6 Å². The van der Waals surface area contributed by atoms with E-state index in [-0.39, 0.29) is 30.0 Å². The molecular formula is C24H36FN5OS. The Labute approximate surface area is 196 Å². The molecule has 0 aromatic carbocycles. The number of hydrogen-bond acceptors (Lipinski definition) is 6. The molecule has 32 heavy (non-hydrogen) atoms. The number of carbonyl (C=O) groups excluding carboxylic acids is 1. The Kier molecular flexibility index (Phi) is 15.6. The number of carbonyl (C=O) groups is 1. The number of thioether (sulfide) groups is 1. The average Bonchev–Trinajstić information content (AvgIpc) is 2.79. The van der Waals surface area contributed by atoms with Crippen LogP contribution >= 0.6 is 11.8 Å². The van der Waals surface area contributed by atoms with Crippen LogP contribution in [0.15, 0.2) is 57.7 Å². The van der Waals surface area contributed by atoms with Crippen molar-refractivity contribution in [1.82, 2.24) is 10.6 Å². The number of nitrogens with one attached hydrogen (secondary N) is 2. The summed E-state index contributed by atoms with van der Waals surface area (Å²) in [6, 6.07) is 0.125. The molecule has 0 spiro atoms. The zero-order valence-electron chi connectivity index (χ0n) is 19.6. The molecule has 1 amide bonds. The van der Waals surface area contributed by atoms with E-state index in [2.05, 4.69) is 46.8 Å². The number of nitrogens with zero attached hydrogens (tertiary/aromatic N) is 2. The fourth-order valence-electron chi connectivity index (χ4n) is 2.72. The monoisotopic (exact) mass is 461 g/mol. The van der Waals surface area contributed by atoms with Crippen LogP contribution in [-0.4, -0.2) is 43.1 Å². The van der Waals surface area contributed by atoms with E-state index < -0.39 is 5.91 Å². The number of aliphatic imine (C=N–C) groups is 2. The summed E-state index contributed by atoms with van der Waals surface area (Å²) in [4.78, 5) is 20.7. The van der Waals surface area contributed by atoms with Gasteiger partial charge in [-0.05, 0) is 45.4 Å². The smallest absolute Gasteiger partial charge is 0.270 e. The summed E-state index contributed by atoms with van der Waals surface area (Å²) in [6.45, 7) is 13.7. The summed E-state index contributed by atoms with van der Waals surface area (Å²) < 4.78 is 13.6.